The Morgan fingerprint density at radius 1 is 1.25 bits per heavy atom. The first-order chi connectivity index (χ1) is 13.1. The van der Waals surface area contributed by atoms with Crippen LogP contribution in [-0.4, -0.2) is 43.7 Å². The molecule has 1 spiro atoms. The monoisotopic (exact) mass is 389 g/mol. The Hall–Kier alpha value is -1.59. The normalized spacial score (nSPS) is 29.2. The van der Waals surface area contributed by atoms with E-state index >= 15 is 0 Å². The summed E-state index contributed by atoms with van der Waals surface area (Å²) < 4.78 is 17.4. The van der Waals surface area contributed by atoms with E-state index in [0.29, 0.717) is 12.5 Å². The Balaban J connectivity index is 1.72. The zero-order valence-electron chi connectivity index (χ0n) is 18.3. The minimum absolute atomic E-state index is 0.0862. The first kappa shape index (κ1) is 21.1. The number of benzene rings is 1. The maximum Gasteiger partial charge on any atom is 0.407 e. The molecule has 2 aliphatic rings. The molecule has 28 heavy (non-hydrogen) atoms. The van der Waals surface area contributed by atoms with E-state index in [0.717, 1.165) is 19.4 Å². The Morgan fingerprint density at radius 2 is 1.86 bits per heavy atom. The van der Waals surface area contributed by atoms with Gasteiger partial charge >= 0.3 is 6.09 Å². The van der Waals surface area contributed by atoms with Gasteiger partial charge in [0.2, 0.25) is 0 Å². The number of epoxide rings is 1. The summed E-state index contributed by atoms with van der Waals surface area (Å²) in [6.45, 7) is 13.5. The van der Waals surface area contributed by atoms with Crippen LogP contribution in [0.25, 0.3) is 0 Å². The van der Waals surface area contributed by atoms with Gasteiger partial charge in [-0.1, -0.05) is 17.7 Å². The van der Waals surface area contributed by atoms with E-state index in [-0.39, 0.29) is 23.7 Å². The van der Waals surface area contributed by atoms with Gasteiger partial charge in [0.15, 0.2) is 0 Å². The predicted molar refractivity (Wildman–Crippen MR) is 110 cm³/mol. The molecule has 1 heterocycles. The van der Waals surface area contributed by atoms with Crippen molar-refractivity contribution >= 4 is 6.09 Å². The smallest absolute Gasteiger partial charge is 0.407 e. The second-order valence-electron chi connectivity index (χ2n) is 9.53. The highest BCUT2D eigenvalue weighted by Gasteiger charge is 2.63. The maximum atomic E-state index is 11.9. The van der Waals surface area contributed by atoms with Crippen molar-refractivity contribution < 1.29 is 19.0 Å². The molecule has 3 rings (SSSR count). The summed E-state index contributed by atoms with van der Waals surface area (Å²) in [4.78, 5) is 11.9. The molecule has 1 amide bonds. The van der Waals surface area contributed by atoms with Crippen LogP contribution in [0.1, 0.15) is 61.8 Å². The third kappa shape index (κ3) is 4.36. The van der Waals surface area contributed by atoms with Crippen LogP contribution < -0.4 is 5.32 Å². The lowest BCUT2D eigenvalue weighted by Gasteiger charge is -2.28. The molecule has 4 unspecified atom stereocenters. The predicted octanol–water partition coefficient (Wildman–Crippen LogP) is 4.41. The fourth-order valence-corrected chi connectivity index (χ4v) is 5.03. The maximum absolute atomic E-state index is 11.9. The van der Waals surface area contributed by atoms with Gasteiger partial charge in [0, 0.05) is 19.6 Å². The van der Waals surface area contributed by atoms with Crippen LogP contribution in [-0.2, 0) is 14.2 Å². The topological polar surface area (TPSA) is 60.1 Å². The molecule has 0 radical (unpaired) electrons. The minimum atomic E-state index is -0.482. The van der Waals surface area contributed by atoms with Crippen molar-refractivity contribution in [3.63, 3.8) is 0 Å². The number of carbonyl (C=O) groups excluding carboxylic acids is 1. The highest BCUT2D eigenvalue weighted by atomic mass is 16.6. The van der Waals surface area contributed by atoms with E-state index < -0.39 is 5.60 Å². The molecule has 1 aromatic carbocycles. The van der Waals surface area contributed by atoms with E-state index in [4.69, 9.17) is 14.2 Å². The molecule has 5 nitrogen and oxygen atoms in total. The SMILES string of the molecule is COC1C(CCNC(=O)OC(C)(C)C)CC2(CO2)C1c1c(C)cc(C)cc1C. The Bertz CT molecular complexity index is 710. The lowest BCUT2D eigenvalue weighted by Crippen LogP contribution is -2.34. The zero-order valence-corrected chi connectivity index (χ0v) is 18.3. The van der Waals surface area contributed by atoms with Crippen LogP contribution in [0.4, 0.5) is 4.79 Å². The van der Waals surface area contributed by atoms with Crippen molar-refractivity contribution in [2.24, 2.45) is 5.92 Å². The summed E-state index contributed by atoms with van der Waals surface area (Å²) in [7, 11) is 1.80. The third-order valence-corrected chi connectivity index (χ3v) is 5.99. The molecule has 1 aliphatic heterocycles. The number of nitrogens with one attached hydrogen (secondary N) is 1. The average Bonchev–Trinajstić information content (AvgIpc) is 3.24. The van der Waals surface area contributed by atoms with Crippen LogP contribution in [0.15, 0.2) is 12.1 Å². The lowest BCUT2D eigenvalue weighted by molar-refractivity contribution is 0.0448. The quantitative estimate of drug-likeness (QED) is 0.758. The molecule has 1 saturated carbocycles. The molecule has 0 aromatic heterocycles. The van der Waals surface area contributed by atoms with E-state index in [1.165, 1.54) is 22.3 Å². The number of methoxy groups -OCH3 is 1. The van der Waals surface area contributed by atoms with Crippen LogP contribution in [0.5, 0.6) is 0 Å². The van der Waals surface area contributed by atoms with Crippen LogP contribution in [0.2, 0.25) is 0 Å². The van der Waals surface area contributed by atoms with Crippen molar-refractivity contribution in [1.82, 2.24) is 5.32 Å². The van der Waals surface area contributed by atoms with Crippen molar-refractivity contribution in [1.29, 1.82) is 0 Å². The first-order valence-electron chi connectivity index (χ1n) is 10.3. The second-order valence-corrected chi connectivity index (χ2v) is 9.53. The summed E-state index contributed by atoms with van der Waals surface area (Å²) in [5.41, 5.74) is 4.69. The number of aryl methyl sites for hydroxylation is 3. The molecule has 1 aliphatic carbocycles. The summed E-state index contributed by atoms with van der Waals surface area (Å²) in [6, 6.07) is 4.50. The molecule has 4 atom stereocenters. The van der Waals surface area contributed by atoms with Crippen LogP contribution >= 0.6 is 0 Å². The van der Waals surface area contributed by atoms with Gasteiger partial charge in [-0.15, -0.1) is 0 Å². The van der Waals surface area contributed by atoms with Crippen molar-refractivity contribution in [3.05, 3.63) is 34.4 Å². The molecule has 0 bridgehead atoms. The van der Waals surface area contributed by atoms with Gasteiger partial charge in [-0.2, -0.15) is 0 Å². The first-order valence-corrected chi connectivity index (χ1v) is 10.3. The van der Waals surface area contributed by atoms with Gasteiger partial charge in [-0.3, -0.25) is 0 Å². The fraction of sp³-hybridized carbons (Fsp3) is 0.696. The Morgan fingerprint density at radius 3 is 2.36 bits per heavy atom. The van der Waals surface area contributed by atoms with Crippen LogP contribution in [0.3, 0.4) is 0 Å². The third-order valence-electron chi connectivity index (χ3n) is 5.99. The van der Waals surface area contributed by atoms with Gasteiger partial charge in [0.25, 0.3) is 0 Å². The van der Waals surface area contributed by atoms with Crippen molar-refractivity contribution in [3.8, 4) is 0 Å². The molecular weight excluding hydrogens is 354 g/mol. The van der Waals surface area contributed by atoms with Gasteiger partial charge in [0.05, 0.1) is 12.7 Å². The number of ether oxygens (including phenoxy) is 3. The second kappa shape index (κ2) is 7.68. The molecular formula is C23H35NO4. The number of hydrogen-bond acceptors (Lipinski definition) is 4. The molecule has 1 N–H and O–H groups in total. The fourth-order valence-electron chi connectivity index (χ4n) is 5.03. The summed E-state index contributed by atoms with van der Waals surface area (Å²) >= 11 is 0. The molecule has 1 saturated heterocycles. The Labute approximate surface area is 169 Å². The van der Waals surface area contributed by atoms with E-state index in [2.05, 4.69) is 38.2 Å². The number of hydrogen-bond donors (Lipinski definition) is 1. The highest BCUT2D eigenvalue weighted by Crippen LogP contribution is 2.58. The van der Waals surface area contributed by atoms with Gasteiger partial charge in [-0.05, 0) is 77.0 Å². The molecule has 5 heteroatoms. The Kier molecular flexibility index (Phi) is 5.79. The van der Waals surface area contributed by atoms with Gasteiger partial charge in [-0.25, -0.2) is 4.79 Å². The largest absolute Gasteiger partial charge is 0.444 e. The van der Waals surface area contributed by atoms with E-state index in [1.807, 2.05) is 20.8 Å². The van der Waals surface area contributed by atoms with E-state index in [1.54, 1.807) is 7.11 Å². The number of rotatable bonds is 5. The molecule has 156 valence electrons. The van der Waals surface area contributed by atoms with E-state index in [9.17, 15) is 4.79 Å². The minimum Gasteiger partial charge on any atom is -0.444 e. The average molecular weight is 390 g/mol. The molecule has 2 fully saturated rings. The summed E-state index contributed by atoms with van der Waals surface area (Å²) in [5, 5.41) is 2.89. The number of amides is 1. The van der Waals surface area contributed by atoms with Gasteiger partial charge in [0.1, 0.15) is 11.2 Å². The zero-order chi connectivity index (χ0) is 20.7. The lowest BCUT2D eigenvalue weighted by atomic mass is 9.81. The number of alkyl carbamates (subject to hydrolysis) is 1. The van der Waals surface area contributed by atoms with Crippen molar-refractivity contribution in [2.45, 2.75) is 77.6 Å². The molecule has 1 aromatic rings. The highest BCUT2D eigenvalue weighted by molar-refractivity contribution is 5.67. The standard InChI is InChI=1S/C23H35NO4/c1-14-10-15(2)18(16(3)11-14)19-20(26-7)17(12-23(19)13-27-23)8-9-24-21(25)28-22(4,5)6/h10-11,17,19-20H,8-9,12-13H2,1-7H3,(H,24,25). The summed E-state index contributed by atoms with van der Waals surface area (Å²) in [5.74, 6) is 0.581. The summed E-state index contributed by atoms with van der Waals surface area (Å²) in [6.07, 6.45) is 1.55. The van der Waals surface area contributed by atoms with Crippen molar-refractivity contribution in [2.75, 3.05) is 20.3 Å². The van der Waals surface area contributed by atoms with Crippen LogP contribution in [0, 0.1) is 26.7 Å². The van der Waals surface area contributed by atoms with Gasteiger partial charge < -0.3 is 19.5 Å². The number of carbonyl (C=O) groups is 1.